The van der Waals surface area contributed by atoms with Crippen molar-refractivity contribution < 1.29 is 4.79 Å². The van der Waals surface area contributed by atoms with E-state index in [1.807, 2.05) is 36.9 Å². The summed E-state index contributed by atoms with van der Waals surface area (Å²) in [6.07, 6.45) is 3.32. The molecule has 24 heavy (non-hydrogen) atoms. The lowest BCUT2D eigenvalue weighted by molar-refractivity contribution is 0.0741. The van der Waals surface area contributed by atoms with Gasteiger partial charge < -0.3 is 4.90 Å². The van der Waals surface area contributed by atoms with Crippen molar-refractivity contribution in [2.24, 2.45) is 5.92 Å². The molecule has 5 heteroatoms. The second kappa shape index (κ2) is 6.75. The summed E-state index contributed by atoms with van der Waals surface area (Å²) < 4.78 is 1.43. The molecule has 1 aromatic carbocycles. The number of aromatic nitrogens is 2. The third-order valence-corrected chi connectivity index (χ3v) is 4.48. The van der Waals surface area contributed by atoms with E-state index in [9.17, 15) is 9.59 Å². The molecule has 1 fully saturated rings. The molecule has 1 aliphatic rings. The van der Waals surface area contributed by atoms with Gasteiger partial charge in [-0.3, -0.25) is 9.59 Å². The molecular weight excluding hydrogens is 302 g/mol. The van der Waals surface area contributed by atoms with Gasteiger partial charge in [-0.1, -0.05) is 25.1 Å². The Kier molecular flexibility index (Phi) is 4.69. The Morgan fingerprint density at radius 3 is 2.54 bits per heavy atom. The number of amides is 1. The van der Waals surface area contributed by atoms with Crippen molar-refractivity contribution in [2.75, 3.05) is 13.1 Å². The van der Waals surface area contributed by atoms with Crippen LogP contribution in [0.5, 0.6) is 0 Å². The average molecular weight is 327 g/mol. The Morgan fingerprint density at radius 2 is 1.96 bits per heavy atom. The fourth-order valence-electron chi connectivity index (χ4n) is 3.02. The minimum Gasteiger partial charge on any atom is -0.337 e. The maximum Gasteiger partial charge on any atom is 0.274 e. The van der Waals surface area contributed by atoms with Crippen molar-refractivity contribution in [3.63, 3.8) is 0 Å². The molecule has 0 atom stereocenters. The summed E-state index contributed by atoms with van der Waals surface area (Å²) in [6, 6.07) is 7.20. The monoisotopic (exact) mass is 327 g/mol. The zero-order chi connectivity index (χ0) is 17.3. The molecule has 0 radical (unpaired) electrons. The standard InChI is InChI=1S/C19H25N3O2/c1-4-11-21(12-14-9-10-14)19(24)17-15-7-5-6-8-16(15)18(23)22(20-17)13(2)3/h5-8,13-14H,4,9-12H2,1-3H3. The Labute approximate surface area is 142 Å². The lowest BCUT2D eigenvalue weighted by Crippen LogP contribution is -2.36. The molecule has 1 heterocycles. The lowest BCUT2D eigenvalue weighted by Gasteiger charge is -2.23. The fourth-order valence-corrected chi connectivity index (χ4v) is 3.02. The van der Waals surface area contributed by atoms with Gasteiger partial charge in [0, 0.05) is 18.5 Å². The number of hydrogen-bond acceptors (Lipinski definition) is 3. The van der Waals surface area contributed by atoms with Gasteiger partial charge in [-0.15, -0.1) is 0 Å². The fraction of sp³-hybridized carbons (Fsp3) is 0.526. The average Bonchev–Trinajstić information content (AvgIpc) is 3.38. The van der Waals surface area contributed by atoms with Crippen LogP contribution < -0.4 is 5.56 Å². The maximum absolute atomic E-state index is 13.1. The van der Waals surface area contributed by atoms with Gasteiger partial charge in [0.15, 0.2) is 5.69 Å². The van der Waals surface area contributed by atoms with Gasteiger partial charge in [0.2, 0.25) is 0 Å². The smallest absolute Gasteiger partial charge is 0.274 e. The van der Waals surface area contributed by atoms with E-state index in [1.54, 1.807) is 6.07 Å². The number of benzene rings is 1. The Hall–Kier alpha value is -2.17. The van der Waals surface area contributed by atoms with Crippen LogP contribution in [0.25, 0.3) is 10.8 Å². The maximum atomic E-state index is 13.1. The summed E-state index contributed by atoms with van der Waals surface area (Å²) in [6.45, 7) is 7.42. The van der Waals surface area contributed by atoms with E-state index in [-0.39, 0.29) is 17.5 Å². The topological polar surface area (TPSA) is 55.2 Å². The zero-order valence-corrected chi connectivity index (χ0v) is 14.7. The van der Waals surface area contributed by atoms with Crippen LogP contribution in [0.15, 0.2) is 29.1 Å². The molecule has 3 rings (SSSR count). The van der Waals surface area contributed by atoms with Gasteiger partial charge in [-0.25, -0.2) is 4.68 Å². The lowest BCUT2D eigenvalue weighted by atomic mass is 10.1. The second-order valence-corrected chi connectivity index (χ2v) is 6.93. The third kappa shape index (κ3) is 3.21. The molecule has 0 spiro atoms. The molecule has 0 saturated heterocycles. The van der Waals surface area contributed by atoms with Gasteiger partial charge in [0.25, 0.3) is 11.5 Å². The second-order valence-electron chi connectivity index (χ2n) is 6.93. The van der Waals surface area contributed by atoms with E-state index < -0.39 is 0 Å². The summed E-state index contributed by atoms with van der Waals surface area (Å²) in [4.78, 5) is 27.7. The number of fused-ring (bicyclic) bond motifs is 1. The van der Waals surface area contributed by atoms with Crippen molar-refractivity contribution >= 4 is 16.7 Å². The molecule has 1 saturated carbocycles. The van der Waals surface area contributed by atoms with E-state index in [1.165, 1.54) is 17.5 Å². The van der Waals surface area contributed by atoms with Crippen molar-refractivity contribution in [1.82, 2.24) is 14.7 Å². The van der Waals surface area contributed by atoms with Crippen LogP contribution in [0.3, 0.4) is 0 Å². The molecule has 1 aromatic heterocycles. The van der Waals surface area contributed by atoms with E-state index >= 15 is 0 Å². The molecular formula is C19H25N3O2. The molecule has 0 N–H and O–H groups in total. The highest BCUT2D eigenvalue weighted by atomic mass is 16.2. The first kappa shape index (κ1) is 16.7. The van der Waals surface area contributed by atoms with Crippen LogP contribution in [0.2, 0.25) is 0 Å². The normalized spacial score (nSPS) is 14.3. The molecule has 0 unspecified atom stereocenters. The van der Waals surface area contributed by atoms with Gasteiger partial charge >= 0.3 is 0 Å². The van der Waals surface area contributed by atoms with Crippen molar-refractivity contribution in [2.45, 2.75) is 46.1 Å². The zero-order valence-electron chi connectivity index (χ0n) is 14.7. The molecule has 1 amide bonds. The summed E-state index contributed by atoms with van der Waals surface area (Å²) in [5.74, 6) is 0.567. The number of carbonyl (C=O) groups excluding carboxylic acids is 1. The van der Waals surface area contributed by atoms with Gasteiger partial charge in [0.05, 0.1) is 11.4 Å². The predicted molar refractivity (Wildman–Crippen MR) is 95.3 cm³/mol. The number of hydrogen-bond donors (Lipinski definition) is 0. The molecule has 0 aliphatic heterocycles. The van der Waals surface area contributed by atoms with Crippen LogP contribution in [0, 0.1) is 5.92 Å². The van der Waals surface area contributed by atoms with E-state index in [0.29, 0.717) is 22.4 Å². The highest BCUT2D eigenvalue weighted by molar-refractivity contribution is 6.04. The summed E-state index contributed by atoms with van der Waals surface area (Å²) in [7, 11) is 0. The van der Waals surface area contributed by atoms with Gasteiger partial charge in [-0.05, 0) is 45.1 Å². The first-order chi connectivity index (χ1) is 11.5. The van der Waals surface area contributed by atoms with E-state index in [4.69, 9.17) is 0 Å². The highest BCUT2D eigenvalue weighted by Crippen LogP contribution is 2.30. The molecule has 2 aromatic rings. The first-order valence-corrected chi connectivity index (χ1v) is 8.83. The Morgan fingerprint density at radius 1 is 1.29 bits per heavy atom. The number of nitrogens with zero attached hydrogens (tertiary/aromatic N) is 3. The van der Waals surface area contributed by atoms with Crippen LogP contribution in [-0.4, -0.2) is 33.7 Å². The first-order valence-electron chi connectivity index (χ1n) is 8.83. The number of carbonyl (C=O) groups is 1. The predicted octanol–water partition coefficient (Wildman–Crippen LogP) is 3.24. The van der Waals surface area contributed by atoms with Gasteiger partial charge in [0.1, 0.15) is 0 Å². The Balaban J connectivity index is 2.11. The largest absolute Gasteiger partial charge is 0.337 e. The third-order valence-electron chi connectivity index (χ3n) is 4.48. The summed E-state index contributed by atoms with van der Waals surface area (Å²) >= 11 is 0. The SMILES string of the molecule is CCCN(CC1CC1)C(=O)c1nn(C(C)C)c(=O)c2ccccc12. The molecule has 0 bridgehead atoms. The highest BCUT2D eigenvalue weighted by Gasteiger charge is 2.29. The van der Waals surface area contributed by atoms with Crippen LogP contribution in [-0.2, 0) is 0 Å². The molecule has 1 aliphatic carbocycles. The number of rotatable bonds is 6. The Bertz CT molecular complexity index is 806. The summed E-state index contributed by atoms with van der Waals surface area (Å²) in [5.41, 5.74) is 0.259. The van der Waals surface area contributed by atoms with Gasteiger partial charge in [-0.2, -0.15) is 5.10 Å². The summed E-state index contributed by atoms with van der Waals surface area (Å²) in [5, 5.41) is 5.66. The van der Waals surface area contributed by atoms with Crippen LogP contribution >= 0.6 is 0 Å². The quantitative estimate of drug-likeness (QED) is 0.818. The molecule has 128 valence electrons. The minimum atomic E-state index is -0.138. The van der Waals surface area contributed by atoms with E-state index in [2.05, 4.69) is 12.0 Å². The van der Waals surface area contributed by atoms with E-state index in [0.717, 1.165) is 19.5 Å². The van der Waals surface area contributed by atoms with Crippen molar-refractivity contribution in [3.8, 4) is 0 Å². The minimum absolute atomic E-state index is 0.0608. The van der Waals surface area contributed by atoms with Crippen molar-refractivity contribution in [1.29, 1.82) is 0 Å². The van der Waals surface area contributed by atoms with Crippen LogP contribution in [0.1, 0.15) is 56.6 Å². The molecule has 5 nitrogen and oxygen atoms in total. The van der Waals surface area contributed by atoms with Crippen molar-refractivity contribution in [3.05, 3.63) is 40.3 Å². The van der Waals surface area contributed by atoms with Crippen LogP contribution in [0.4, 0.5) is 0 Å².